The quantitative estimate of drug-likeness (QED) is 0.292. The van der Waals surface area contributed by atoms with Gasteiger partial charge in [0.15, 0.2) is 11.4 Å². The van der Waals surface area contributed by atoms with Gasteiger partial charge in [-0.05, 0) is 50.3 Å². The minimum Gasteiger partial charge on any atom is -0.504 e. The van der Waals surface area contributed by atoms with Crippen LogP contribution in [0.25, 0.3) is 5.78 Å². The van der Waals surface area contributed by atoms with Gasteiger partial charge in [0, 0.05) is 32.1 Å². The molecule has 1 saturated carbocycles. The molecule has 48 heavy (non-hydrogen) atoms. The van der Waals surface area contributed by atoms with Crippen molar-refractivity contribution < 1.29 is 27.9 Å². The number of carbonyl (C=O) groups excluding carboxylic acids is 2. The van der Waals surface area contributed by atoms with E-state index in [9.17, 15) is 32.7 Å². The number of nitrogens with zero attached hydrogens (tertiary/aromatic N) is 8. The highest BCUT2D eigenvalue weighted by Gasteiger charge is 2.32. The van der Waals surface area contributed by atoms with E-state index in [0.717, 1.165) is 35.6 Å². The third-order valence-electron chi connectivity index (χ3n) is 8.09. The first-order valence-electron chi connectivity index (χ1n) is 15.1. The topological polar surface area (TPSA) is 151 Å². The molecule has 4 aromatic rings. The lowest BCUT2D eigenvalue weighted by atomic mass is 10.2. The molecule has 1 saturated heterocycles. The molecule has 2 fully saturated rings. The zero-order valence-corrected chi connectivity index (χ0v) is 26.6. The van der Waals surface area contributed by atoms with Crippen molar-refractivity contribution in [2.75, 3.05) is 36.4 Å². The molecule has 250 valence electrons. The molecule has 0 atom stereocenters. The first-order chi connectivity index (χ1) is 22.8. The molecule has 3 aromatic heterocycles. The number of fused-ring (bicyclic) bond motifs is 1. The molecule has 2 aliphatic rings. The number of amides is 2. The van der Waals surface area contributed by atoms with Crippen molar-refractivity contribution in [3.05, 3.63) is 68.4 Å². The van der Waals surface area contributed by atoms with Gasteiger partial charge in [-0.1, -0.05) is 24.4 Å². The van der Waals surface area contributed by atoms with E-state index in [-0.39, 0.29) is 83.8 Å². The lowest BCUT2D eigenvalue weighted by Gasteiger charge is -2.36. The van der Waals surface area contributed by atoms with E-state index in [1.54, 1.807) is 18.7 Å². The molecule has 4 heterocycles. The molecule has 1 aliphatic carbocycles. The second-order valence-corrected chi connectivity index (χ2v) is 11.8. The fourth-order valence-electron chi connectivity index (χ4n) is 5.41. The molecule has 0 spiro atoms. The highest BCUT2D eigenvalue weighted by Crippen LogP contribution is 2.34. The second kappa shape index (κ2) is 12.8. The summed E-state index contributed by atoms with van der Waals surface area (Å²) in [6.45, 7) is 3.86. The van der Waals surface area contributed by atoms with Gasteiger partial charge in [-0.3, -0.25) is 14.4 Å². The van der Waals surface area contributed by atoms with E-state index < -0.39 is 29.1 Å². The van der Waals surface area contributed by atoms with E-state index in [0.29, 0.717) is 12.1 Å². The van der Waals surface area contributed by atoms with Crippen LogP contribution in [0, 0.1) is 24.7 Å². The Balaban J connectivity index is 1.33. The normalized spacial score (nSPS) is 15.0. The standard InChI is InChI=1S/C31H29ClF3N9O4/c1-3-22-26(41-10-12-42(13-11-41)28(47)25-27(46)17(2)36-16-37-25)29(48)44-30(39-23(40-44)9-6-18-4-5-18)43(22)15-24(45)38-21-8-7-19(14-20(21)32)31(33,34)35/h7-8,14,16,18,46H,3-5,10-13,15H2,1-2H3,(H,38,45). The highest BCUT2D eigenvalue weighted by molar-refractivity contribution is 6.33. The summed E-state index contributed by atoms with van der Waals surface area (Å²) in [5.74, 6) is 4.97. The summed E-state index contributed by atoms with van der Waals surface area (Å²) in [5, 5.41) is 16.9. The Hall–Kier alpha value is -5.17. The Morgan fingerprint density at radius 1 is 1.15 bits per heavy atom. The maximum Gasteiger partial charge on any atom is 0.416 e. The molecule has 0 radical (unpaired) electrons. The molecule has 17 heteroatoms. The van der Waals surface area contributed by atoms with E-state index >= 15 is 0 Å². The summed E-state index contributed by atoms with van der Waals surface area (Å²) in [6, 6.07) is 2.61. The van der Waals surface area contributed by atoms with Crippen molar-refractivity contribution in [2.24, 2.45) is 5.92 Å². The molecule has 1 aromatic carbocycles. The van der Waals surface area contributed by atoms with Gasteiger partial charge in [-0.2, -0.15) is 22.7 Å². The lowest BCUT2D eigenvalue weighted by molar-refractivity contribution is -0.137. The SMILES string of the molecule is CCc1c(N2CCN(C(=O)c3ncnc(C)c3O)CC2)c(=O)n2nc(C#CC3CC3)nc2n1CC(=O)Nc1ccc(C(F)(F)F)cc1Cl. The number of anilines is 2. The molecule has 2 N–H and O–H groups in total. The van der Waals surface area contributed by atoms with Gasteiger partial charge < -0.3 is 24.8 Å². The summed E-state index contributed by atoms with van der Waals surface area (Å²) < 4.78 is 42.0. The number of rotatable bonds is 6. The van der Waals surface area contributed by atoms with Crippen LogP contribution >= 0.6 is 11.6 Å². The van der Waals surface area contributed by atoms with Gasteiger partial charge in [-0.15, -0.1) is 5.10 Å². The fourth-order valence-corrected chi connectivity index (χ4v) is 5.64. The van der Waals surface area contributed by atoms with Gasteiger partial charge in [0.2, 0.25) is 17.5 Å². The molecule has 6 rings (SSSR count). The molecular weight excluding hydrogens is 655 g/mol. The number of aryl methyl sites for hydroxylation is 1. The summed E-state index contributed by atoms with van der Waals surface area (Å²) in [7, 11) is 0. The van der Waals surface area contributed by atoms with Gasteiger partial charge in [-0.25, -0.2) is 9.97 Å². The van der Waals surface area contributed by atoms with Crippen LogP contribution in [0.5, 0.6) is 5.75 Å². The molecule has 1 aliphatic heterocycles. The molecule has 0 unspecified atom stereocenters. The van der Waals surface area contributed by atoms with Crippen LogP contribution in [0.15, 0.2) is 29.3 Å². The largest absolute Gasteiger partial charge is 0.504 e. The Kier molecular flexibility index (Phi) is 8.73. The molecule has 0 bridgehead atoms. The zero-order valence-electron chi connectivity index (χ0n) is 25.8. The van der Waals surface area contributed by atoms with E-state index in [4.69, 9.17) is 11.6 Å². The van der Waals surface area contributed by atoms with Crippen LogP contribution in [0.2, 0.25) is 5.02 Å². The van der Waals surface area contributed by atoms with Crippen molar-refractivity contribution in [2.45, 2.75) is 45.8 Å². The Bertz CT molecular complexity index is 2060. The van der Waals surface area contributed by atoms with Gasteiger partial charge in [0.25, 0.3) is 11.5 Å². The third-order valence-corrected chi connectivity index (χ3v) is 8.40. The number of aromatic hydroxyl groups is 1. The number of hydrogen-bond donors (Lipinski definition) is 2. The predicted molar refractivity (Wildman–Crippen MR) is 168 cm³/mol. The van der Waals surface area contributed by atoms with Crippen LogP contribution in [0.1, 0.15) is 53.0 Å². The van der Waals surface area contributed by atoms with E-state index in [1.807, 2.05) is 0 Å². The average molecular weight is 684 g/mol. The van der Waals surface area contributed by atoms with Crippen LogP contribution in [-0.4, -0.2) is 77.1 Å². The maximum absolute atomic E-state index is 14.0. The van der Waals surface area contributed by atoms with Crippen LogP contribution < -0.4 is 15.8 Å². The summed E-state index contributed by atoms with van der Waals surface area (Å²) in [5.41, 5.74) is -0.598. The zero-order chi connectivity index (χ0) is 34.3. The second-order valence-electron chi connectivity index (χ2n) is 11.4. The van der Waals surface area contributed by atoms with E-state index in [2.05, 4.69) is 37.2 Å². The minimum absolute atomic E-state index is 0.0202. The fraction of sp³-hybridized carbons (Fsp3) is 0.387. The molecule has 13 nitrogen and oxygen atoms in total. The minimum atomic E-state index is -4.61. The Morgan fingerprint density at radius 3 is 2.52 bits per heavy atom. The predicted octanol–water partition coefficient (Wildman–Crippen LogP) is 3.29. The molecule has 2 amide bonds. The first kappa shape index (κ1) is 32.8. The number of benzene rings is 1. The van der Waals surface area contributed by atoms with Crippen LogP contribution in [0.3, 0.4) is 0 Å². The van der Waals surface area contributed by atoms with Crippen molar-refractivity contribution in [1.82, 2.24) is 34.0 Å². The Labute approximate surface area is 276 Å². The number of hydrogen-bond acceptors (Lipinski definition) is 9. The van der Waals surface area contributed by atoms with Crippen molar-refractivity contribution >= 4 is 40.6 Å². The average Bonchev–Trinajstić information content (AvgIpc) is 3.79. The maximum atomic E-state index is 14.0. The number of piperazine rings is 1. The lowest BCUT2D eigenvalue weighted by Crippen LogP contribution is -2.51. The summed E-state index contributed by atoms with van der Waals surface area (Å²) >= 11 is 6.08. The van der Waals surface area contributed by atoms with Crippen molar-refractivity contribution in [1.29, 1.82) is 0 Å². The highest BCUT2D eigenvalue weighted by atomic mass is 35.5. The number of alkyl halides is 3. The van der Waals surface area contributed by atoms with Crippen LogP contribution in [-0.2, 0) is 23.9 Å². The first-order valence-corrected chi connectivity index (χ1v) is 15.5. The van der Waals surface area contributed by atoms with E-state index in [1.165, 1.54) is 15.8 Å². The smallest absolute Gasteiger partial charge is 0.416 e. The monoisotopic (exact) mass is 683 g/mol. The third kappa shape index (κ3) is 6.50. The van der Waals surface area contributed by atoms with Crippen molar-refractivity contribution in [3.8, 4) is 17.6 Å². The van der Waals surface area contributed by atoms with Gasteiger partial charge in [0.1, 0.15) is 18.6 Å². The van der Waals surface area contributed by atoms with Gasteiger partial charge >= 0.3 is 6.18 Å². The van der Waals surface area contributed by atoms with Gasteiger partial charge in [0.05, 0.1) is 27.7 Å². The van der Waals surface area contributed by atoms with Crippen LogP contribution in [0.4, 0.5) is 24.5 Å². The number of carbonyl (C=O) groups is 2. The summed E-state index contributed by atoms with van der Waals surface area (Å²) in [6.07, 6.45) is -1.18. The Morgan fingerprint density at radius 2 is 1.88 bits per heavy atom. The number of aromatic nitrogens is 6. The summed E-state index contributed by atoms with van der Waals surface area (Å²) in [4.78, 5) is 56.1. The number of halogens is 4. The van der Waals surface area contributed by atoms with Crippen molar-refractivity contribution in [3.63, 3.8) is 0 Å². The molecular formula is C31H29ClF3N9O4. The number of nitrogens with one attached hydrogen (secondary N) is 1.